The van der Waals surface area contributed by atoms with Gasteiger partial charge in [-0.25, -0.2) is 0 Å². The van der Waals surface area contributed by atoms with Gasteiger partial charge in [-0.05, 0) is 52.6 Å². The number of aliphatic hydroxyl groups excluding tert-OH is 1. The Morgan fingerprint density at radius 2 is 2.06 bits per heavy atom. The quantitative estimate of drug-likeness (QED) is 0.779. The molecular weight excluding hydrogens is 226 g/mol. The normalized spacial score (nSPS) is 14.8. The third kappa shape index (κ3) is 3.33. The highest BCUT2D eigenvalue weighted by atomic mass is 16.3. The van der Waals surface area contributed by atoms with Crippen molar-refractivity contribution in [3.8, 4) is 0 Å². The molecule has 0 bridgehead atoms. The van der Waals surface area contributed by atoms with E-state index in [2.05, 4.69) is 35.9 Å². The summed E-state index contributed by atoms with van der Waals surface area (Å²) < 4.78 is 2.10. The largest absolute Gasteiger partial charge is 0.394 e. The van der Waals surface area contributed by atoms with E-state index in [4.69, 9.17) is 0 Å². The third-order valence-electron chi connectivity index (χ3n) is 3.94. The average Bonchev–Trinajstić information content (AvgIpc) is 2.64. The van der Waals surface area contributed by atoms with Gasteiger partial charge in [0.05, 0.1) is 12.3 Å². The molecule has 0 aliphatic carbocycles. The summed E-state index contributed by atoms with van der Waals surface area (Å²) in [4.78, 5) is 0. The third-order valence-corrected chi connectivity index (χ3v) is 3.94. The lowest BCUT2D eigenvalue weighted by molar-refractivity contribution is 0.169. The molecule has 0 aliphatic rings. The predicted molar refractivity (Wildman–Crippen MR) is 74.9 cm³/mol. The van der Waals surface area contributed by atoms with Crippen molar-refractivity contribution in [2.45, 2.75) is 59.0 Å². The second kappa shape index (κ2) is 6.34. The summed E-state index contributed by atoms with van der Waals surface area (Å²) in [6.45, 7) is 9.53. The van der Waals surface area contributed by atoms with Gasteiger partial charge in [0, 0.05) is 17.8 Å². The lowest BCUT2D eigenvalue weighted by Crippen LogP contribution is -2.43. The van der Waals surface area contributed by atoms with Gasteiger partial charge in [0.1, 0.15) is 0 Å². The fourth-order valence-electron chi connectivity index (χ4n) is 2.37. The Balaban J connectivity index is 2.59. The lowest BCUT2D eigenvalue weighted by atomic mass is 9.97. The minimum absolute atomic E-state index is 0.167. The highest BCUT2D eigenvalue weighted by molar-refractivity contribution is 5.24. The molecule has 2 N–H and O–H groups in total. The van der Waals surface area contributed by atoms with Gasteiger partial charge in [-0.2, -0.15) is 5.10 Å². The summed E-state index contributed by atoms with van der Waals surface area (Å²) in [5.41, 5.74) is 3.62. The van der Waals surface area contributed by atoms with Crippen LogP contribution in [0.2, 0.25) is 0 Å². The molecule has 0 aromatic carbocycles. The Bertz CT molecular complexity index is 381. The van der Waals surface area contributed by atoms with Gasteiger partial charge in [-0.1, -0.05) is 6.92 Å². The van der Waals surface area contributed by atoms with Crippen LogP contribution in [0.15, 0.2) is 0 Å². The molecule has 0 amide bonds. The van der Waals surface area contributed by atoms with Gasteiger partial charge >= 0.3 is 0 Å². The van der Waals surface area contributed by atoms with Crippen molar-refractivity contribution in [1.29, 1.82) is 0 Å². The summed E-state index contributed by atoms with van der Waals surface area (Å²) in [7, 11) is 1.90. The number of aliphatic hydroxyl groups is 1. The molecule has 0 saturated carbocycles. The number of hydrogen-bond acceptors (Lipinski definition) is 3. The number of nitrogens with one attached hydrogen (secondary N) is 1. The first-order chi connectivity index (χ1) is 8.47. The monoisotopic (exact) mass is 253 g/mol. The van der Waals surface area contributed by atoms with Crippen LogP contribution in [0.4, 0.5) is 0 Å². The molecule has 4 nitrogen and oxygen atoms in total. The van der Waals surface area contributed by atoms with Gasteiger partial charge < -0.3 is 10.4 Å². The van der Waals surface area contributed by atoms with Crippen molar-refractivity contribution in [3.63, 3.8) is 0 Å². The molecule has 1 heterocycles. The van der Waals surface area contributed by atoms with E-state index in [0.29, 0.717) is 0 Å². The van der Waals surface area contributed by atoms with Crippen molar-refractivity contribution in [2.24, 2.45) is 0 Å². The van der Waals surface area contributed by atoms with Gasteiger partial charge in [-0.3, -0.25) is 4.68 Å². The molecule has 0 aliphatic heterocycles. The van der Waals surface area contributed by atoms with E-state index in [0.717, 1.165) is 31.5 Å². The summed E-state index contributed by atoms with van der Waals surface area (Å²) in [5, 5.41) is 17.1. The van der Waals surface area contributed by atoms with Crippen LogP contribution in [0.25, 0.3) is 0 Å². The minimum Gasteiger partial charge on any atom is -0.394 e. The number of rotatable bonds is 7. The Morgan fingerprint density at radius 3 is 2.50 bits per heavy atom. The highest BCUT2D eigenvalue weighted by Crippen LogP contribution is 2.16. The van der Waals surface area contributed by atoms with E-state index in [1.54, 1.807) is 0 Å². The molecule has 1 aromatic heterocycles. The first-order valence-electron chi connectivity index (χ1n) is 6.80. The maximum absolute atomic E-state index is 9.34. The molecular formula is C14H27N3O. The van der Waals surface area contributed by atoms with Gasteiger partial charge in [0.2, 0.25) is 0 Å². The standard InChI is InChI=1S/C14H27N3O/c1-6-13-11(2)16-17(12(13)3)9-7-8-14(4,10-18)15-5/h15,18H,6-10H2,1-5H3. The minimum atomic E-state index is -0.177. The Labute approximate surface area is 110 Å². The number of aromatic nitrogens is 2. The first kappa shape index (κ1) is 15.2. The number of likely N-dealkylation sites (N-methyl/N-ethyl adjacent to an activating group) is 1. The zero-order valence-corrected chi connectivity index (χ0v) is 12.4. The van der Waals surface area contributed by atoms with Crippen molar-refractivity contribution >= 4 is 0 Å². The molecule has 18 heavy (non-hydrogen) atoms. The molecule has 0 radical (unpaired) electrons. The van der Waals surface area contributed by atoms with Crippen molar-refractivity contribution in [1.82, 2.24) is 15.1 Å². The van der Waals surface area contributed by atoms with Crippen molar-refractivity contribution in [3.05, 3.63) is 17.0 Å². The first-order valence-corrected chi connectivity index (χ1v) is 6.80. The van der Waals surface area contributed by atoms with E-state index in [1.807, 2.05) is 14.0 Å². The van der Waals surface area contributed by atoms with Crippen LogP contribution in [-0.4, -0.2) is 34.1 Å². The molecule has 1 unspecified atom stereocenters. The van der Waals surface area contributed by atoms with Gasteiger partial charge in [0.25, 0.3) is 0 Å². The van der Waals surface area contributed by atoms with Crippen LogP contribution < -0.4 is 5.32 Å². The molecule has 104 valence electrons. The van der Waals surface area contributed by atoms with Crippen molar-refractivity contribution < 1.29 is 5.11 Å². The lowest BCUT2D eigenvalue weighted by Gasteiger charge is -2.26. The zero-order chi connectivity index (χ0) is 13.8. The number of hydrogen-bond donors (Lipinski definition) is 2. The van der Waals surface area contributed by atoms with Crippen LogP contribution in [0.1, 0.15) is 43.6 Å². The van der Waals surface area contributed by atoms with Gasteiger partial charge in [0.15, 0.2) is 0 Å². The Morgan fingerprint density at radius 1 is 1.39 bits per heavy atom. The van der Waals surface area contributed by atoms with E-state index in [1.165, 1.54) is 11.3 Å². The number of nitrogens with zero attached hydrogens (tertiary/aromatic N) is 2. The second-order valence-electron chi connectivity index (χ2n) is 5.30. The maximum atomic E-state index is 9.34. The molecule has 0 fully saturated rings. The predicted octanol–water partition coefficient (Wildman–Crippen LogP) is 1.81. The molecule has 0 saturated heterocycles. The van der Waals surface area contributed by atoms with Crippen LogP contribution >= 0.6 is 0 Å². The maximum Gasteiger partial charge on any atom is 0.0628 e. The zero-order valence-electron chi connectivity index (χ0n) is 12.4. The van der Waals surface area contributed by atoms with Gasteiger partial charge in [-0.15, -0.1) is 0 Å². The van der Waals surface area contributed by atoms with E-state index >= 15 is 0 Å². The van der Waals surface area contributed by atoms with E-state index in [-0.39, 0.29) is 12.1 Å². The van der Waals surface area contributed by atoms with E-state index in [9.17, 15) is 5.11 Å². The molecule has 1 rings (SSSR count). The summed E-state index contributed by atoms with van der Waals surface area (Å²) in [5.74, 6) is 0. The number of aryl methyl sites for hydroxylation is 2. The van der Waals surface area contributed by atoms with Crippen LogP contribution in [0, 0.1) is 13.8 Å². The summed E-state index contributed by atoms with van der Waals surface area (Å²) in [6, 6.07) is 0. The van der Waals surface area contributed by atoms with Crippen molar-refractivity contribution in [2.75, 3.05) is 13.7 Å². The van der Waals surface area contributed by atoms with Crippen LogP contribution in [0.3, 0.4) is 0 Å². The fourth-order valence-corrected chi connectivity index (χ4v) is 2.37. The summed E-state index contributed by atoms with van der Waals surface area (Å²) >= 11 is 0. The smallest absolute Gasteiger partial charge is 0.0628 e. The topological polar surface area (TPSA) is 50.1 Å². The van der Waals surface area contributed by atoms with E-state index < -0.39 is 0 Å². The second-order valence-corrected chi connectivity index (χ2v) is 5.30. The average molecular weight is 253 g/mol. The molecule has 1 aromatic rings. The van der Waals surface area contributed by atoms with Crippen LogP contribution in [-0.2, 0) is 13.0 Å². The fraction of sp³-hybridized carbons (Fsp3) is 0.786. The molecule has 0 spiro atoms. The van der Waals surface area contributed by atoms with Crippen LogP contribution in [0.5, 0.6) is 0 Å². The Hall–Kier alpha value is -0.870. The highest BCUT2D eigenvalue weighted by Gasteiger charge is 2.20. The SMILES string of the molecule is CCc1c(C)nn(CCCC(C)(CO)NC)c1C. The summed E-state index contributed by atoms with van der Waals surface area (Å²) in [6.07, 6.45) is 3.01. The Kier molecular flexibility index (Phi) is 5.35. The molecule has 1 atom stereocenters. The molecule has 4 heteroatoms.